The van der Waals surface area contributed by atoms with E-state index in [1.54, 1.807) is 0 Å². The summed E-state index contributed by atoms with van der Waals surface area (Å²) in [4.78, 5) is 17.1. The van der Waals surface area contributed by atoms with Crippen LogP contribution in [0.15, 0.2) is 42.5 Å². The van der Waals surface area contributed by atoms with E-state index in [1.807, 2.05) is 60.3 Å². The number of carbonyl (C=O) groups is 1. The molecule has 1 atom stereocenters. The first-order valence-corrected chi connectivity index (χ1v) is 8.55. The Kier molecular flexibility index (Phi) is 4.09. The van der Waals surface area contributed by atoms with Crippen LogP contribution in [0.4, 0.5) is 0 Å². The van der Waals surface area contributed by atoms with Crippen molar-refractivity contribution in [2.24, 2.45) is 0 Å². The van der Waals surface area contributed by atoms with E-state index >= 15 is 0 Å². The molecule has 130 valence electrons. The lowest BCUT2D eigenvalue weighted by Crippen LogP contribution is -2.43. The van der Waals surface area contributed by atoms with E-state index in [4.69, 9.17) is 9.47 Å². The second-order valence-electron chi connectivity index (χ2n) is 6.76. The van der Waals surface area contributed by atoms with Crippen LogP contribution in [0.5, 0.6) is 11.5 Å². The molecular formula is C20H22N2O3. The average molecular weight is 338 g/mol. The molecule has 0 spiro atoms. The third-order valence-corrected chi connectivity index (χ3v) is 4.88. The first-order valence-electron chi connectivity index (χ1n) is 8.55. The van der Waals surface area contributed by atoms with E-state index in [2.05, 4.69) is 6.07 Å². The van der Waals surface area contributed by atoms with Gasteiger partial charge >= 0.3 is 0 Å². The first-order chi connectivity index (χ1) is 12.1. The Morgan fingerprint density at radius 2 is 1.76 bits per heavy atom. The maximum atomic E-state index is 13.2. The number of amides is 1. The van der Waals surface area contributed by atoms with Crippen molar-refractivity contribution in [3.8, 4) is 11.5 Å². The average Bonchev–Trinajstić information content (AvgIpc) is 3.07. The fourth-order valence-corrected chi connectivity index (χ4v) is 3.60. The zero-order valence-corrected chi connectivity index (χ0v) is 14.6. The molecule has 5 nitrogen and oxygen atoms in total. The first kappa shape index (κ1) is 16.0. The minimum Gasteiger partial charge on any atom is -0.454 e. The van der Waals surface area contributed by atoms with Crippen molar-refractivity contribution in [1.29, 1.82) is 0 Å². The highest BCUT2D eigenvalue weighted by Crippen LogP contribution is 2.37. The van der Waals surface area contributed by atoms with Crippen molar-refractivity contribution >= 4 is 5.91 Å². The SMILES string of the molecule is CN(C)C(C(=O)N1CCc2cc3c(cc2C1)OCO3)c1ccccc1. The van der Waals surface area contributed by atoms with Crippen LogP contribution in [0.1, 0.15) is 22.7 Å². The van der Waals surface area contributed by atoms with Crippen molar-refractivity contribution in [2.45, 2.75) is 19.0 Å². The highest BCUT2D eigenvalue weighted by atomic mass is 16.7. The van der Waals surface area contributed by atoms with Gasteiger partial charge < -0.3 is 14.4 Å². The maximum Gasteiger partial charge on any atom is 0.244 e. The van der Waals surface area contributed by atoms with E-state index in [-0.39, 0.29) is 18.7 Å². The highest BCUT2D eigenvalue weighted by Gasteiger charge is 2.31. The number of nitrogens with zero attached hydrogens (tertiary/aromatic N) is 2. The molecule has 0 aromatic heterocycles. The lowest BCUT2D eigenvalue weighted by atomic mass is 9.97. The Morgan fingerprint density at radius 3 is 2.44 bits per heavy atom. The number of hydrogen-bond acceptors (Lipinski definition) is 4. The quantitative estimate of drug-likeness (QED) is 0.863. The van der Waals surface area contributed by atoms with Crippen LogP contribution in [0, 0.1) is 0 Å². The van der Waals surface area contributed by atoms with Crippen molar-refractivity contribution in [1.82, 2.24) is 9.80 Å². The zero-order chi connectivity index (χ0) is 17.4. The molecule has 2 aromatic carbocycles. The van der Waals surface area contributed by atoms with E-state index in [0.29, 0.717) is 6.54 Å². The van der Waals surface area contributed by atoms with Gasteiger partial charge in [-0.2, -0.15) is 0 Å². The molecule has 1 unspecified atom stereocenters. The van der Waals surface area contributed by atoms with Crippen LogP contribution in [0.25, 0.3) is 0 Å². The van der Waals surface area contributed by atoms with Crippen LogP contribution in [0.2, 0.25) is 0 Å². The molecule has 25 heavy (non-hydrogen) atoms. The summed E-state index contributed by atoms with van der Waals surface area (Å²) < 4.78 is 10.9. The number of carbonyl (C=O) groups excluding carboxylic acids is 1. The Labute approximate surface area is 147 Å². The summed E-state index contributed by atoms with van der Waals surface area (Å²) in [5.41, 5.74) is 3.41. The van der Waals surface area contributed by atoms with E-state index in [0.717, 1.165) is 35.6 Å². The molecule has 0 aliphatic carbocycles. The summed E-state index contributed by atoms with van der Waals surface area (Å²) in [5, 5.41) is 0. The molecule has 0 N–H and O–H groups in total. The third-order valence-electron chi connectivity index (χ3n) is 4.88. The molecule has 0 radical (unpaired) electrons. The maximum absolute atomic E-state index is 13.2. The van der Waals surface area contributed by atoms with Gasteiger partial charge in [-0.25, -0.2) is 0 Å². The number of ether oxygens (including phenoxy) is 2. The summed E-state index contributed by atoms with van der Waals surface area (Å²) in [7, 11) is 3.90. The van der Waals surface area contributed by atoms with Gasteiger partial charge in [-0.3, -0.25) is 9.69 Å². The van der Waals surface area contributed by atoms with Gasteiger partial charge in [0.05, 0.1) is 0 Å². The fraction of sp³-hybridized carbons (Fsp3) is 0.350. The molecular weight excluding hydrogens is 316 g/mol. The van der Waals surface area contributed by atoms with Crippen LogP contribution >= 0.6 is 0 Å². The Bertz CT molecular complexity index is 789. The number of benzene rings is 2. The van der Waals surface area contributed by atoms with E-state index in [9.17, 15) is 4.79 Å². The molecule has 4 rings (SSSR count). The fourth-order valence-electron chi connectivity index (χ4n) is 3.60. The second-order valence-corrected chi connectivity index (χ2v) is 6.76. The van der Waals surface area contributed by atoms with Crippen molar-refractivity contribution in [2.75, 3.05) is 27.4 Å². The molecule has 2 aromatic rings. The van der Waals surface area contributed by atoms with Gasteiger partial charge in [0, 0.05) is 13.1 Å². The molecule has 0 saturated carbocycles. The molecule has 2 aliphatic heterocycles. The summed E-state index contributed by atoms with van der Waals surface area (Å²) in [6, 6.07) is 13.8. The van der Waals surface area contributed by atoms with Crippen molar-refractivity contribution in [3.63, 3.8) is 0 Å². The molecule has 2 heterocycles. The topological polar surface area (TPSA) is 42.0 Å². The van der Waals surface area contributed by atoms with Crippen molar-refractivity contribution < 1.29 is 14.3 Å². The van der Waals surface area contributed by atoms with Gasteiger partial charge in [0.1, 0.15) is 6.04 Å². The van der Waals surface area contributed by atoms with Gasteiger partial charge in [0.15, 0.2) is 11.5 Å². The molecule has 0 fully saturated rings. The Hall–Kier alpha value is -2.53. The normalized spacial score (nSPS) is 16.7. The van der Waals surface area contributed by atoms with Crippen LogP contribution in [0.3, 0.4) is 0 Å². The summed E-state index contributed by atoms with van der Waals surface area (Å²) >= 11 is 0. The van der Waals surface area contributed by atoms with Gasteiger partial charge in [-0.1, -0.05) is 30.3 Å². The molecule has 0 bridgehead atoms. The molecule has 0 saturated heterocycles. The van der Waals surface area contributed by atoms with Crippen LogP contribution in [-0.2, 0) is 17.8 Å². The van der Waals surface area contributed by atoms with E-state index in [1.165, 1.54) is 5.56 Å². The van der Waals surface area contributed by atoms with Crippen molar-refractivity contribution in [3.05, 3.63) is 59.2 Å². The summed E-state index contributed by atoms with van der Waals surface area (Å²) in [6.45, 7) is 1.61. The van der Waals surface area contributed by atoms with Gasteiger partial charge in [-0.15, -0.1) is 0 Å². The van der Waals surface area contributed by atoms with Crippen LogP contribution < -0.4 is 9.47 Å². The summed E-state index contributed by atoms with van der Waals surface area (Å²) in [6.07, 6.45) is 0.840. The van der Waals surface area contributed by atoms with E-state index < -0.39 is 0 Å². The molecule has 5 heteroatoms. The lowest BCUT2D eigenvalue weighted by Gasteiger charge is -2.34. The molecule has 2 aliphatic rings. The molecule has 1 amide bonds. The Morgan fingerprint density at radius 1 is 1.08 bits per heavy atom. The number of rotatable bonds is 3. The van der Waals surface area contributed by atoms with Crippen LogP contribution in [-0.4, -0.2) is 43.1 Å². The minimum atomic E-state index is -0.267. The standard InChI is InChI=1S/C20H22N2O3/c1-21(2)19(14-6-4-3-5-7-14)20(23)22-9-8-15-10-17-18(25-13-24-17)11-16(15)12-22/h3-7,10-11,19H,8-9,12-13H2,1-2H3. The van der Waals surface area contributed by atoms with Gasteiger partial charge in [0.25, 0.3) is 0 Å². The largest absolute Gasteiger partial charge is 0.454 e. The van der Waals surface area contributed by atoms with Gasteiger partial charge in [0.2, 0.25) is 12.7 Å². The highest BCUT2D eigenvalue weighted by molar-refractivity contribution is 5.83. The lowest BCUT2D eigenvalue weighted by molar-refractivity contribution is -0.137. The third kappa shape index (κ3) is 2.96. The predicted octanol–water partition coefficient (Wildman–Crippen LogP) is 2.60. The Balaban J connectivity index is 1.59. The van der Waals surface area contributed by atoms with Gasteiger partial charge in [-0.05, 0) is 49.3 Å². The number of likely N-dealkylation sites (N-methyl/N-ethyl adjacent to an activating group) is 1. The second kappa shape index (κ2) is 6.41. The number of fused-ring (bicyclic) bond motifs is 2. The summed E-state index contributed by atoms with van der Waals surface area (Å²) in [5.74, 6) is 1.73. The zero-order valence-electron chi connectivity index (χ0n) is 14.6. The monoisotopic (exact) mass is 338 g/mol. The number of hydrogen-bond donors (Lipinski definition) is 0. The minimum absolute atomic E-state index is 0.138. The predicted molar refractivity (Wildman–Crippen MR) is 94.6 cm³/mol. The smallest absolute Gasteiger partial charge is 0.244 e.